The van der Waals surface area contributed by atoms with E-state index in [1.54, 1.807) is 18.6 Å². The Kier molecular flexibility index (Phi) is 6.91. The van der Waals surface area contributed by atoms with Gasteiger partial charge < -0.3 is 5.32 Å². The number of rotatable bonds is 8. The summed E-state index contributed by atoms with van der Waals surface area (Å²) in [6.07, 6.45) is 7.24. The van der Waals surface area contributed by atoms with Crippen LogP contribution in [0.25, 0.3) is 33.8 Å². The van der Waals surface area contributed by atoms with Gasteiger partial charge in [0.05, 0.1) is 25.0 Å². The van der Waals surface area contributed by atoms with E-state index < -0.39 is 11.6 Å². The van der Waals surface area contributed by atoms with Crippen LogP contribution in [-0.4, -0.2) is 43.1 Å². The first-order valence-corrected chi connectivity index (χ1v) is 11.6. The number of nitrogens with one attached hydrogen (secondary N) is 1. The molecule has 1 N–H and O–H groups in total. The van der Waals surface area contributed by atoms with Gasteiger partial charge in [0.2, 0.25) is 0 Å². The largest absolute Gasteiger partial charge is 0.318 e. The molecule has 5 aromatic rings. The van der Waals surface area contributed by atoms with Gasteiger partial charge in [0.1, 0.15) is 11.6 Å². The normalized spacial score (nSPS) is 11.1. The van der Waals surface area contributed by atoms with Crippen LogP contribution in [0.15, 0.2) is 84.2 Å². The van der Waals surface area contributed by atoms with E-state index in [9.17, 15) is 13.6 Å². The molecule has 186 valence electrons. The van der Waals surface area contributed by atoms with Crippen LogP contribution in [0.3, 0.4) is 0 Å². The quantitative estimate of drug-likeness (QED) is 0.350. The van der Waals surface area contributed by atoms with Crippen LogP contribution < -0.4 is 10.9 Å². The molecule has 5 rings (SSSR count). The lowest BCUT2D eigenvalue weighted by atomic mass is 10.1. The molecule has 0 spiro atoms. The zero-order valence-corrected chi connectivity index (χ0v) is 20.0. The van der Waals surface area contributed by atoms with Gasteiger partial charge in [0.15, 0.2) is 5.82 Å². The zero-order valence-electron chi connectivity index (χ0n) is 20.0. The minimum absolute atomic E-state index is 0.169. The van der Waals surface area contributed by atoms with Crippen molar-refractivity contribution in [3.05, 3.63) is 107 Å². The number of likely N-dealkylation sites (N-methyl/N-ethyl adjacent to an activating group) is 1. The van der Waals surface area contributed by atoms with Crippen LogP contribution in [0.5, 0.6) is 0 Å². The Morgan fingerprint density at radius 3 is 2.41 bits per heavy atom. The number of halogens is 2. The van der Waals surface area contributed by atoms with Gasteiger partial charge >= 0.3 is 0 Å². The monoisotopic (exact) mass is 499 g/mol. The summed E-state index contributed by atoms with van der Waals surface area (Å²) < 4.78 is 30.4. The van der Waals surface area contributed by atoms with Gasteiger partial charge in [-0.25, -0.2) is 23.4 Å². The summed E-state index contributed by atoms with van der Waals surface area (Å²) in [6, 6.07) is 13.4. The van der Waals surface area contributed by atoms with Crippen LogP contribution in [-0.2, 0) is 13.1 Å². The lowest BCUT2D eigenvalue weighted by Crippen LogP contribution is -2.22. The van der Waals surface area contributed by atoms with Crippen LogP contribution in [0.1, 0.15) is 5.56 Å². The maximum atomic E-state index is 13.7. The lowest BCUT2D eigenvalue weighted by Gasteiger charge is -2.09. The van der Waals surface area contributed by atoms with E-state index in [2.05, 4.69) is 25.5 Å². The first-order chi connectivity index (χ1) is 18.0. The van der Waals surface area contributed by atoms with Crippen molar-refractivity contribution >= 4 is 0 Å². The maximum Gasteiger partial charge on any atom is 0.267 e. The number of nitrogens with zero attached hydrogens (tertiary/aromatic N) is 6. The number of hydrogen-bond acceptors (Lipinski definition) is 6. The van der Waals surface area contributed by atoms with Gasteiger partial charge in [-0.1, -0.05) is 18.2 Å². The molecule has 0 atom stereocenters. The maximum absolute atomic E-state index is 13.7. The Hall–Kier alpha value is -4.57. The number of aromatic nitrogens is 6. The molecule has 0 saturated carbocycles. The molecule has 3 heterocycles. The highest BCUT2D eigenvalue weighted by molar-refractivity contribution is 5.63. The molecule has 0 aliphatic rings. The second-order valence-corrected chi connectivity index (χ2v) is 8.46. The smallest absolute Gasteiger partial charge is 0.267 e. The van der Waals surface area contributed by atoms with Crippen LogP contribution >= 0.6 is 0 Å². The second-order valence-electron chi connectivity index (χ2n) is 8.46. The third kappa shape index (κ3) is 5.65. The highest BCUT2D eigenvalue weighted by atomic mass is 19.1. The van der Waals surface area contributed by atoms with E-state index >= 15 is 0 Å². The van der Waals surface area contributed by atoms with Crippen LogP contribution in [0.2, 0.25) is 0 Å². The van der Waals surface area contributed by atoms with E-state index in [0.29, 0.717) is 11.5 Å². The summed E-state index contributed by atoms with van der Waals surface area (Å²) in [6.45, 7) is 1.76. The molecule has 37 heavy (non-hydrogen) atoms. The number of hydrogen-bond donors (Lipinski definition) is 1. The average molecular weight is 500 g/mol. The number of benzene rings is 2. The Labute approximate surface area is 211 Å². The molecule has 0 fully saturated rings. The lowest BCUT2D eigenvalue weighted by molar-refractivity contribution is 0.583. The molecule has 8 nitrogen and oxygen atoms in total. The zero-order chi connectivity index (χ0) is 25.8. The highest BCUT2D eigenvalue weighted by Gasteiger charge is 2.10. The van der Waals surface area contributed by atoms with Crippen molar-refractivity contribution in [3.8, 4) is 33.8 Å². The second kappa shape index (κ2) is 10.6. The highest BCUT2D eigenvalue weighted by Crippen LogP contribution is 2.22. The van der Waals surface area contributed by atoms with Crippen molar-refractivity contribution in [1.82, 2.24) is 34.8 Å². The summed E-state index contributed by atoms with van der Waals surface area (Å²) in [5, 5.41) is 11.8. The Morgan fingerprint density at radius 2 is 1.65 bits per heavy atom. The van der Waals surface area contributed by atoms with E-state index in [1.165, 1.54) is 28.9 Å². The molecule has 0 bridgehead atoms. The van der Waals surface area contributed by atoms with Crippen molar-refractivity contribution in [2.75, 3.05) is 13.6 Å². The minimum atomic E-state index is -0.712. The predicted octanol–water partition coefficient (Wildman–Crippen LogP) is 3.78. The summed E-state index contributed by atoms with van der Waals surface area (Å²) in [5.74, 6) is -0.885. The Morgan fingerprint density at radius 1 is 0.865 bits per heavy atom. The Balaban J connectivity index is 1.36. The van der Waals surface area contributed by atoms with Crippen molar-refractivity contribution in [2.45, 2.75) is 13.1 Å². The van der Waals surface area contributed by atoms with Crippen molar-refractivity contribution in [3.63, 3.8) is 0 Å². The van der Waals surface area contributed by atoms with Gasteiger partial charge in [-0.2, -0.15) is 10.2 Å². The van der Waals surface area contributed by atoms with Gasteiger partial charge in [-0.05, 0) is 36.9 Å². The Bertz CT molecular complexity index is 1580. The molecule has 0 radical (unpaired) electrons. The topological polar surface area (TPSA) is 90.5 Å². The molecular formula is C27H23F2N7O. The van der Waals surface area contributed by atoms with E-state index in [4.69, 9.17) is 0 Å². The van der Waals surface area contributed by atoms with Gasteiger partial charge in [-0.15, -0.1) is 0 Å². The minimum Gasteiger partial charge on any atom is -0.318 e. The summed E-state index contributed by atoms with van der Waals surface area (Å²) >= 11 is 0. The van der Waals surface area contributed by atoms with Gasteiger partial charge in [0.25, 0.3) is 5.56 Å². The molecule has 3 aromatic heterocycles. The first kappa shape index (κ1) is 24.1. The summed E-state index contributed by atoms with van der Waals surface area (Å²) in [5.41, 5.74) is 3.58. The summed E-state index contributed by atoms with van der Waals surface area (Å²) in [7, 11) is 1.90. The fourth-order valence-corrected chi connectivity index (χ4v) is 3.89. The van der Waals surface area contributed by atoms with Gasteiger partial charge in [-0.3, -0.25) is 9.48 Å². The van der Waals surface area contributed by atoms with Crippen LogP contribution in [0, 0.1) is 11.6 Å². The van der Waals surface area contributed by atoms with E-state index in [1.807, 2.05) is 42.2 Å². The molecule has 2 aromatic carbocycles. The van der Waals surface area contributed by atoms with E-state index in [-0.39, 0.29) is 17.7 Å². The van der Waals surface area contributed by atoms with Crippen molar-refractivity contribution in [2.24, 2.45) is 0 Å². The summed E-state index contributed by atoms with van der Waals surface area (Å²) in [4.78, 5) is 21.5. The molecule has 10 heteroatoms. The van der Waals surface area contributed by atoms with Gasteiger partial charge in [0, 0.05) is 59.5 Å². The van der Waals surface area contributed by atoms with Crippen LogP contribution in [0.4, 0.5) is 8.78 Å². The molecule has 0 saturated heterocycles. The average Bonchev–Trinajstić information content (AvgIpc) is 3.37. The fraction of sp³-hybridized carbons (Fsp3) is 0.148. The molecule has 0 unspecified atom stereocenters. The third-order valence-corrected chi connectivity index (χ3v) is 5.75. The standard InChI is InChI=1S/C27H23F2N7O/c1-30-7-8-35-17-22(15-33-35)21-13-31-27(32-14-21)19-4-2-3-18(9-19)16-36-26(37)6-5-25(34-36)20-10-23(28)12-24(29)11-20/h2-6,9-15,17,30H,7-8,16H2,1H3. The molecule has 0 amide bonds. The van der Waals surface area contributed by atoms with E-state index in [0.717, 1.165) is 41.4 Å². The molecule has 0 aliphatic heterocycles. The molecular weight excluding hydrogens is 476 g/mol. The SMILES string of the molecule is CNCCn1cc(-c2cnc(-c3cccc(Cn4nc(-c5cc(F)cc(F)c5)ccc4=O)c3)nc2)cn1. The fourth-order valence-electron chi connectivity index (χ4n) is 3.89. The first-order valence-electron chi connectivity index (χ1n) is 11.6. The third-order valence-electron chi connectivity index (χ3n) is 5.75. The molecule has 0 aliphatic carbocycles. The van der Waals surface area contributed by atoms with Crippen molar-refractivity contribution in [1.29, 1.82) is 0 Å². The predicted molar refractivity (Wildman–Crippen MR) is 136 cm³/mol. The van der Waals surface area contributed by atoms with Crippen molar-refractivity contribution < 1.29 is 8.78 Å².